The summed E-state index contributed by atoms with van der Waals surface area (Å²) in [6.45, 7) is 3.90. The predicted molar refractivity (Wildman–Crippen MR) is 79.2 cm³/mol. The first kappa shape index (κ1) is 14.1. The van der Waals surface area contributed by atoms with E-state index in [2.05, 4.69) is 14.9 Å². The molecular weight excluding hydrogens is 270 g/mol. The number of aromatic nitrogens is 2. The van der Waals surface area contributed by atoms with Crippen LogP contribution in [0.2, 0.25) is 0 Å². The molecule has 7 heteroatoms. The molecule has 0 saturated carbocycles. The molecule has 7 nitrogen and oxygen atoms in total. The van der Waals surface area contributed by atoms with Crippen LogP contribution in [0, 0.1) is 0 Å². The Morgan fingerprint density at radius 1 is 1.19 bits per heavy atom. The lowest BCUT2D eigenvalue weighted by Crippen LogP contribution is -2.48. The lowest BCUT2D eigenvalue weighted by molar-refractivity contribution is -0.119. The Morgan fingerprint density at radius 3 is 2.71 bits per heavy atom. The number of anilines is 2. The van der Waals surface area contributed by atoms with Gasteiger partial charge in [-0.3, -0.25) is 4.79 Å². The van der Waals surface area contributed by atoms with Crippen LogP contribution in [0.5, 0.6) is 0 Å². The lowest BCUT2D eigenvalue weighted by atomic mass is 10.0. The minimum absolute atomic E-state index is 0.258. The number of amides is 1. The van der Waals surface area contributed by atoms with Crippen molar-refractivity contribution in [3.8, 4) is 0 Å². The van der Waals surface area contributed by atoms with Gasteiger partial charge in [-0.15, -0.1) is 0 Å². The van der Waals surface area contributed by atoms with Gasteiger partial charge in [0.05, 0.1) is 13.2 Å². The van der Waals surface area contributed by atoms with E-state index >= 15 is 0 Å². The molecule has 2 fully saturated rings. The smallest absolute Gasteiger partial charge is 0.240 e. The second kappa shape index (κ2) is 6.26. The van der Waals surface area contributed by atoms with E-state index in [-0.39, 0.29) is 11.9 Å². The molecule has 2 aliphatic heterocycles. The highest BCUT2D eigenvalue weighted by Crippen LogP contribution is 2.25. The number of hydrogen-bond acceptors (Lipinski definition) is 6. The van der Waals surface area contributed by atoms with Gasteiger partial charge in [-0.2, -0.15) is 0 Å². The van der Waals surface area contributed by atoms with Crippen LogP contribution < -0.4 is 15.5 Å². The summed E-state index contributed by atoms with van der Waals surface area (Å²) in [4.78, 5) is 24.5. The summed E-state index contributed by atoms with van der Waals surface area (Å²) in [7, 11) is 0. The largest absolute Gasteiger partial charge is 0.378 e. The molecule has 2 saturated heterocycles. The molecule has 1 amide bonds. The molecule has 0 bridgehead atoms. The fraction of sp³-hybridized carbons (Fsp3) is 0.643. The van der Waals surface area contributed by atoms with Gasteiger partial charge in [0.2, 0.25) is 5.91 Å². The van der Waals surface area contributed by atoms with Crippen LogP contribution in [0.4, 0.5) is 11.6 Å². The molecule has 1 unspecified atom stereocenters. The van der Waals surface area contributed by atoms with Crippen LogP contribution in [0.25, 0.3) is 0 Å². The van der Waals surface area contributed by atoms with Crippen molar-refractivity contribution in [1.29, 1.82) is 0 Å². The summed E-state index contributed by atoms with van der Waals surface area (Å²) < 4.78 is 5.36. The highest BCUT2D eigenvalue weighted by molar-refractivity contribution is 5.83. The summed E-state index contributed by atoms with van der Waals surface area (Å²) >= 11 is 0. The predicted octanol–water partition coefficient (Wildman–Crippen LogP) is 0.157. The number of piperidine rings is 1. The third-order valence-corrected chi connectivity index (χ3v) is 4.10. The van der Waals surface area contributed by atoms with Crippen LogP contribution in [0.3, 0.4) is 0 Å². The highest BCUT2D eigenvalue weighted by Gasteiger charge is 2.28. The van der Waals surface area contributed by atoms with Crippen molar-refractivity contribution in [2.75, 3.05) is 42.6 Å². The Bertz CT molecular complexity index is 504. The molecule has 3 rings (SSSR count). The molecule has 1 aromatic heterocycles. The first-order valence-electron chi connectivity index (χ1n) is 7.46. The van der Waals surface area contributed by atoms with Crippen LogP contribution >= 0.6 is 0 Å². The summed E-state index contributed by atoms with van der Waals surface area (Å²) in [5, 5.41) is 0. The van der Waals surface area contributed by atoms with Crippen LogP contribution in [-0.4, -0.2) is 54.8 Å². The summed E-state index contributed by atoms with van der Waals surface area (Å²) in [6.07, 6.45) is 4.45. The van der Waals surface area contributed by atoms with E-state index in [0.717, 1.165) is 50.5 Å². The number of nitrogens with zero attached hydrogens (tertiary/aromatic N) is 4. The van der Waals surface area contributed by atoms with Gasteiger partial charge in [-0.25, -0.2) is 9.97 Å². The average molecular weight is 291 g/mol. The fourth-order valence-corrected chi connectivity index (χ4v) is 2.96. The average Bonchev–Trinajstić information content (AvgIpc) is 2.56. The summed E-state index contributed by atoms with van der Waals surface area (Å²) in [6, 6.07) is 1.69. The number of rotatable bonds is 3. The molecule has 0 radical (unpaired) electrons. The van der Waals surface area contributed by atoms with E-state index in [1.54, 1.807) is 6.33 Å². The molecule has 0 aliphatic carbocycles. The van der Waals surface area contributed by atoms with Crippen LogP contribution in [0.15, 0.2) is 12.4 Å². The van der Waals surface area contributed by atoms with Gasteiger partial charge in [0.1, 0.15) is 24.0 Å². The quantitative estimate of drug-likeness (QED) is 0.854. The molecule has 114 valence electrons. The molecule has 0 spiro atoms. The van der Waals surface area contributed by atoms with Crippen molar-refractivity contribution in [1.82, 2.24) is 9.97 Å². The zero-order valence-corrected chi connectivity index (χ0v) is 12.1. The first-order chi connectivity index (χ1) is 10.3. The van der Waals surface area contributed by atoms with Gasteiger partial charge in [-0.1, -0.05) is 0 Å². The Kier molecular flexibility index (Phi) is 4.19. The van der Waals surface area contributed by atoms with Gasteiger partial charge >= 0.3 is 0 Å². The Labute approximate surface area is 124 Å². The normalized spacial score (nSPS) is 23.1. The van der Waals surface area contributed by atoms with Crippen molar-refractivity contribution in [2.45, 2.75) is 25.3 Å². The number of hydrogen-bond donors (Lipinski definition) is 1. The maximum absolute atomic E-state index is 11.6. The lowest BCUT2D eigenvalue weighted by Gasteiger charge is -2.35. The van der Waals surface area contributed by atoms with Crippen LogP contribution in [0.1, 0.15) is 19.3 Å². The van der Waals surface area contributed by atoms with Crippen molar-refractivity contribution in [2.24, 2.45) is 5.73 Å². The van der Waals surface area contributed by atoms with Crippen LogP contribution in [-0.2, 0) is 9.53 Å². The molecule has 1 atom stereocenters. The van der Waals surface area contributed by atoms with E-state index in [4.69, 9.17) is 10.5 Å². The topological polar surface area (TPSA) is 84.6 Å². The van der Waals surface area contributed by atoms with Crippen molar-refractivity contribution in [3.05, 3.63) is 12.4 Å². The molecule has 0 aromatic carbocycles. The first-order valence-corrected chi connectivity index (χ1v) is 7.46. The second-order valence-electron chi connectivity index (χ2n) is 5.44. The van der Waals surface area contributed by atoms with Gasteiger partial charge in [0.15, 0.2) is 0 Å². The minimum Gasteiger partial charge on any atom is -0.378 e. The third-order valence-electron chi connectivity index (χ3n) is 4.10. The Morgan fingerprint density at radius 2 is 1.95 bits per heavy atom. The van der Waals surface area contributed by atoms with Crippen molar-refractivity contribution < 1.29 is 9.53 Å². The number of ether oxygens (including phenoxy) is 1. The molecule has 21 heavy (non-hydrogen) atoms. The van der Waals surface area contributed by atoms with Gasteiger partial charge < -0.3 is 20.3 Å². The molecule has 3 heterocycles. The van der Waals surface area contributed by atoms with Gasteiger partial charge in [-0.05, 0) is 19.3 Å². The number of carbonyl (C=O) groups is 1. The maximum atomic E-state index is 11.6. The Balaban J connectivity index is 1.82. The zero-order valence-electron chi connectivity index (χ0n) is 12.1. The zero-order chi connectivity index (χ0) is 14.7. The number of primary amides is 1. The summed E-state index contributed by atoms with van der Waals surface area (Å²) in [5.74, 6) is 1.40. The van der Waals surface area contributed by atoms with Gasteiger partial charge in [0.25, 0.3) is 0 Å². The standard InChI is InChI=1S/C14H21N5O2/c15-14(20)11-3-1-2-4-19(11)13-9-12(16-10-17-13)18-5-7-21-8-6-18/h9-11H,1-8H2,(H2,15,20). The monoisotopic (exact) mass is 291 g/mol. The van der Waals surface area contributed by atoms with E-state index in [1.165, 1.54) is 0 Å². The maximum Gasteiger partial charge on any atom is 0.240 e. The number of carbonyl (C=O) groups excluding carboxylic acids is 1. The number of morpholine rings is 1. The molecular formula is C14H21N5O2. The second-order valence-corrected chi connectivity index (χ2v) is 5.44. The molecule has 2 N–H and O–H groups in total. The van der Waals surface area contributed by atoms with E-state index in [0.29, 0.717) is 13.2 Å². The summed E-state index contributed by atoms with van der Waals surface area (Å²) in [5.41, 5.74) is 5.52. The van der Waals surface area contributed by atoms with E-state index in [9.17, 15) is 4.79 Å². The molecule has 2 aliphatic rings. The third kappa shape index (κ3) is 3.07. The number of nitrogens with two attached hydrogens (primary N) is 1. The molecule has 1 aromatic rings. The van der Waals surface area contributed by atoms with Gasteiger partial charge in [0, 0.05) is 25.7 Å². The minimum atomic E-state index is -0.277. The van der Waals surface area contributed by atoms with Crippen molar-refractivity contribution >= 4 is 17.5 Å². The Hall–Kier alpha value is -1.89. The van der Waals surface area contributed by atoms with E-state index < -0.39 is 0 Å². The highest BCUT2D eigenvalue weighted by atomic mass is 16.5. The fourth-order valence-electron chi connectivity index (χ4n) is 2.96. The van der Waals surface area contributed by atoms with E-state index in [1.807, 2.05) is 11.0 Å². The van der Waals surface area contributed by atoms with Crippen molar-refractivity contribution in [3.63, 3.8) is 0 Å². The SMILES string of the molecule is NC(=O)C1CCCCN1c1cc(N2CCOCC2)ncn1.